The standard InChI is InChI=1S/C20H13ClN2S2/c21-17-15-5-2-10-24-19(15)14-4-1-3-13-11-23-20(25-18(13)16(14)17)12-6-8-22-9-7-12/h1-10,17H,11H2. The predicted octanol–water partition coefficient (Wildman–Crippen LogP) is 5.39. The van der Waals surface area contributed by atoms with Crippen molar-refractivity contribution < 1.29 is 0 Å². The minimum absolute atomic E-state index is 0.104. The zero-order valence-electron chi connectivity index (χ0n) is 13.1. The lowest BCUT2D eigenvalue weighted by Crippen LogP contribution is -2.12. The van der Waals surface area contributed by atoms with Crippen molar-refractivity contribution in [3.8, 4) is 0 Å². The SMILES string of the molecule is ClC1C2=CC=CSC2=C2C=CC=C3CN=C(c4ccncc4)SC3=C21. The minimum atomic E-state index is -0.104. The van der Waals surface area contributed by atoms with Gasteiger partial charge in [-0.3, -0.25) is 9.98 Å². The molecule has 0 radical (unpaired) electrons. The van der Waals surface area contributed by atoms with Gasteiger partial charge in [-0.2, -0.15) is 0 Å². The summed E-state index contributed by atoms with van der Waals surface area (Å²) in [4.78, 5) is 11.4. The third-order valence-corrected chi connectivity index (χ3v) is 7.16. The largest absolute Gasteiger partial charge is 0.273 e. The molecule has 1 unspecified atom stereocenters. The molecule has 0 aromatic carbocycles. The van der Waals surface area contributed by atoms with Crippen LogP contribution >= 0.6 is 35.1 Å². The van der Waals surface area contributed by atoms with Gasteiger partial charge in [-0.15, -0.1) is 11.6 Å². The highest BCUT2D eigenvalue weighted by Crippen LogP contribution is 2.52. The van der Waals surface area contributed by atoms with E-state index in [2.05, 4.69) is 40.8 Å². The van der Waals surface area contributed by atoms with E-state index in [1.165, 1.54) is 32.1 Å². The van der Waals surface area contributed by atoms with E-state index in [0.717, 1.165) is 10.6 Å². The number of allylic oxidation sites excluding steroid dienone is 8. The van der Waals surface area contributed by atoms with Gasteiger partial charge in [0.05, 0.1) is 11.9 Å². The smallest absolute Gasteiger partial charge is 0.103 e. The quantitative estimate of drug-likeness (QED) is 0.611. The van der Waals surface area contributed by atoms with Gasteiger partial charge in [-0.05, 0) is 39.8 Å². The Morgan fingerprint density at radius 2 is 1.96 bits per heavy atom. The van der Waals surface area contributed by atoms with Crippen LogP contribution in [-0.4, -0.2) is 21.9 Å². The zero-order chi connectivity index (χ0) is 16.8. The van der Waals surface area contributed by atoms with Crippen LogP contribution in [0, 0.1) is 0 Å². The second kappa shape index (κ2) is 6.20. The van der Waals surface area contributed by atoms with Gasteiger partial charge in [-0.25, -0.2) is 0 Å². The molecule has 5 heteroatoms. The average Bonchev–Trinajstić information content (AvgIpc) is 2.83. The molecule has 4 aliphatic rings. The van der Waals surface area contributed by atoms with Gasteiger partial charge in [-0.1, -0.05) is 53.9 Å². The first-order chi connectivity index (χ1) is 12.3. The van der Waals surface area contributed by atoms with Crippen molar-refractivity contribution in [2.24, 2.45) is 4.99 Å². The van der Waals surface area contributed by atoms with E-state index in [4.69, 9.17) is 16.6 Å². The summed E-state index contributed by atoms with van der Waals surface area (Å²) >= 11 is 10.4. The summed E-state index contributed by atoms with van der Waals surface area (Å²) < 4.78 is 0. The number of alkyl halides is 1. The molecule has 1 aromatic heterocycles. The van der Waals surface area contributed by atoms with E-state index in [1.54, 1.807) is 23.5 Å². The van der Waals surface area contributed by atoms with E-state index in [9.17, 15) is 0 Å². The Morgan fingerprint density at radius 1 is 1.08 bits per heavy atom. The number of thioether (sulfide) groups is 2. The molecule has 3 heterocycles. The second-order valence-electron chi connectivity index (χ2n) is 5.93. The molecule has 0 saturated carbocycles. The summed E-state index contributed by atoms with van der Waals surface area (Å²) in [5, 5.41) is 3.05. The van der Waals surface area contributed by atoms with Crippen molar-refractivity contribution in [1.82, 2.24) is 4.98 Å². The fourth-order valence-corrected chi connectivity index (χ4v) is 5.95. The summed E-state index contributed by atoms with van der Waals surface area (Å²) in [7, 11) is 0. The van der Waals surface area contributed by atoms with Crippen molar-refractivity contribution in [1.29, 1.82) is 0 Å². The van der Waals surface area contributed by atoms with Crippen LogP contribution in [0.1, 0.15) is 5.56 Å². The van der Waals surface area contributed by atoms with Crippen molar-refractivity contribution in [2.45, 2.75) is 5.38 Å². The second-order valence-corrected chi connectivity index (χ2v) is 8.28. The van der Waals surface area contributed by atoms with Crippen molar-refractivity contribution >= 4 is 40.2 Å². The Balaban J connectivity index is 1.66. The lowest BCUT2D eigenvalue weighted by Gasteiger charge is -2.21. The first-order valence-corrected chi connectivity index (χ1v) is 10.1. The monoisotopic (exact) mass is 380 g/mol. The number of nitrogens with zero attached hydrogens (tertiary/aromatic N) is 2. The van der Waals surface area contributed by atoms with Crippen LogP contribution in [0.4, 0.5) is 0 Å². The van der Waals surface area contributed by atoms with Crippen LogP contribution in [0.2, 0.25) is 0 Å². The molecule has 0 bridgehead atoms. The average molecular weight is 381 g/mol. The number of halogens is 1. The first-order valence-electron chi connectivity index (χ1n) is 8.00. The molecule has 0 amide bonds. The maximum absolute atomic E-state index is 6.91. The van der Waals surface area contributed by atoms with Gasteiger partial charge in [0.25, 0.3) is 0 Å². The minimum Gasteiger partial charge on any atom is -0.273 e. The van der Waals surface area contributed by atoms with E-state index in [-0.39, 0.29) is 5.38 Å². The molecular weight excluding hydrogens is 368 g/mol. The van der Waals surface area contributed by atoms with E-state index < -0.39 is 0 Å². The van der Waals surface area contributed by atoms with Crippen LogP contribution in [0.5, 0.6) is 0 Å². The molecule has 2 aliphatic heterocycles. The molecule has 2 nitrogen and oxygen atoms in total. The Morgan fingerprint density at radius 3 is 2.84 bits per heavy atom. The summed E-state index contributed by atoms with van der Waals surface area (Å²) in [6, 6.07) is 4.02. The Hall–Kier alpha value is -1.75. The van der Waals surface area contributed by atoms with Crippen LogP contribution in [0.3, 0.4) is 0 Å². The molecule has 0 fully saturated rings. The van der Waals surface area contributed by atoms with E-state index in [1.807, 2.05) is 24.5 Å². The van der Waals surface area contributed by atoms with E-state index in [0.29, 0.717) is 6.54 Å². The molecule has 1 atom stereocenters. The van der Waals surface area contributed by atoms with Crippen molar-refractivity contribution in [2.75, 3.05) is 6.54 Å². The van der Waals surface area contributed by atoms with Crippen molar-refractivity contribution in [3.05, 3.63) is 98.0 Å². The van der Waals surface area contributed by atoms with Crippen molar-refractivity contribution in [3.63, 3.8) is 0 Å². The van der Waals surface area contributed by atoms with Gasteiger partial charge >= 0.3 is 0 Å². The van der Waals surface area contributed by atoms with E-state index >= 15 is 0 Å². The summed E-state index contributed by atoms with van der Waals surface area (Å²) in [6.45, 7) is 0.685. The lowest BCUT2D eigenvalue weighted by atomic mass is 10.1. The fourth-order valence-electron chi connectivity index (χ4n) is 3.31. The van der Waals surface area contributed by atoms with Crippen LogP contribution < -0.4 is 0 Å². The number of aromatic nitrogens is 1. The number of pyridine rings is 1. The van der Waals surface area contributed by atoms with Crippen LogP contribution in [-0.2, 0) is 0 Å². The number of aliphatic imine (C=N–C) groups is 1. The lowest BCUT2D eigenvalue weighted by molar-refractivity contribution is 1.15. The molecule has 2 aliphatic carbocycles. The van der Waals surface area contributed by atoms with Gasteiger partial charge in [0.1, 0.15) is 5.04 Å². The molecule has 122 valence electrons. The molecule has 1 aromatic rings. The van der Waals surface area contributed by atoms with Gasteiger partial charge < -0.3 is 0 Å². The zero-order valence-corrected chi connectivity index (χ0v) is 15.5. The highest BCUT2D eigenvalue weighted by molar-refractivity contribution is 8.18. The summed E-state index contributed by atoms with van der Waals surface area (Å²) in [6.07, 6.45) is 14.3. The van der Waals surface area contributed by atoms with Crippen LogP contribution in [0.15, 0.2) is 97.4 Å². The Kier molecular flexibility index (Phi) is 3.85. The molecule has 25 heavy (non-hydrogen) atoms. The molecule has 0 spiro atoms. The number of hydrogen-bond acceptors (Lipinski definition) is 4. The number of hydrogen-bond donors (Lipinski definition) is 0. The Labute approximate surface area is 159 Å². The molecular formula is C20H13ClN2S2. The Bertz CT molecular complexity index is 978. The number of fused-ring (bicyclic) bond motifs is 3. The maximum Gasteiger partial charge on any atom is 0.103 e. The highest BCUT2D eigenvalue weighted by atomic mass is 35.5. The summed E-state index contributed by atoms with van der Waals surface area (Å²) in [5.74, 6) is 0. The molecule has 0 N–H and O–H groups in total. The van der Waals surface area contributed by atoms with Gasteiger partial charge in [0.2, 0.25) is 0 Å². The third-order valence-electron chi connectivity index (χ3n) is 4.48. The fraction of sp³-hybridized carbons (Fsp3) is 0.100. The van der Waals surface area contributed by atoms with Gasteiger partial charge in [0.15, 0.2) is 0 Å². The molecule has 0 saturated heterocycles. The van der Waals surface area contributed by atoms with Gasteiger partial charge in [0, 0.05) is 27.8 Å². The van der Waals surface area contributed by atoms with Crippen LogP contribution in [0.25, 0.3) is 0 Å². The maximum atomic E-state index is 6.91. The third kappa shape index (κ3) is 2.51. The molecule has 5 rings (SSSR count). The number of rotatable bonds is 1. The normalized spacial score (nSPS) is 24.2. The summed E-state index contributed by atoms with van der Waals surface area (Å²) in [5.41, 5.74) is 6.05. The topological polar surface area (TPSA) is 25.2 Å². The predicted molar refractivity (Wildman–Crippen MR) is 109 cm³/mol. The first kappa shape index (κ1) is 15.5. The highest BCUT2D eigenvalue weighted by Gasteiger charge is 2.37.